The SMILES string of the molecule is COCCCC(NN)c1ccc(Br)cc1C(F)(F)F. The third kappa shape index (κ3) is 4.76. The molecule has 0 saturated heterocycles. The highest BCUT2D eigenvalue weighted by Crippen LogP contribution is 2.37. The summed E-state index contributed by atoms with van der Waals surface area (Å²) >= 11 is 3.05. The first-order chi connectivity index (χ1) is 8.90. The number of nitrogens with one attached hydrogen (secondary N) is 1. The molecule has 0 heterocycles. The second-order valence-corrected chi connectivity index (χ2v) is 5.00. The number of hydrazine groups is 1. The fraction of sp³-hybridized carbons (Fsp3) is 0.500. The van der Waals surface area contributed by atoms with Crippen LogP contribution in [-0.4, -0.2) is 13.7 Å². The van der Waals surface area contributed by atoms with Crippen molar-refractivity contribution >= 4 is 15.9 Å². The minimum atomic E-state index is -4.41. The molecular formula is C12H16BrF3N2O. The van der Waals surface area contributed by atoms with Gasteiger partial charge in [-0.1, -0.05) is 22.0 Å². The summed E-state index contributed by atoms with van der Waals surface area (Å²) in [7, 11) is 1.55. The first-order valence-electron chi connectivity index (χ1n) is 5.72. The van der Waals surface area contributed by atoms with Crippen LogP contribution in [0.5, 0.6) is 0 Å². The Morgan fingerprint density at radius 2 is 2.11 bits per heavy atom. The molecule has 1 rings (SSSR count). The standard InChI is InChI=1S/C12H16BrF3N2O/c1-19-6-2-3-11(18-17)9-5-4-8(13)7-10(9)12(14,15)16/h4-5,7,11,18H,2-3,6,17H2,1H3. The van der Waals surface area contributed by atoms with E-state index in [4.69, 9.17) is 10.6 Å². The molecule has 3 nitrogen and oxygen atoms in total. The predicted octanol–water partition coefficient (Wildman–Crippen LogP) is 3.40. The van der Waals surface area contributed by atoms with Crippen LogP contribution in [0, 0.1) is 0 Å². The van der Waals surface area contributed by atoms with Crippen LogP contribution in [0.4, 0.5) is 13.2 Å². The largest absolute Gasteiger partial charge is 0.416 e. The number of alkyl halides is 3. The monoisotopic (exact) mass is 340 g/mol. The molecule has 0 amide bonds. The highest BCUT2D eigenvalue weighted by molar-refractivity contribution is 9.10. The van der Waals surface area contributed by atoms with Crippen LogP contribution < -0.4 is 11.3 Å². The normalized spacial score (nSPS) is 13.6. The molecule has 0 radical (unpaired) electrons. The Balaban J connectivity index is 3.02. The van der Waals surface area contributed by atoms with Gasteiger partial charge in [0.05, 0.1) is 5.56 Å². The quantitative estimate of drug-likeness (QED) is 0.474. The molecule has 0 aliphatic heterocycles. The van der Waals surface area contributed by atoms with Gasteiger partial charge in [-0.2, -0.15) is 13.2 Å². The second-order valence-electron chi connectivity index (χ2n) is 4.08. The van der Waals surface area contributed by atoms with Gasteiger partial charge in [-0.3, -0.25) is 11.3 Å². The van der Waals surface area contributed by atoms with Crippen molar-refractivity contribution in [2.45, 2.75) is 25.1 Å². The van der Waals surface area contributed by atoms with Crippen molar-refractivity contribution in [3.05, 3.63) is 33.8 Å². The van der Waals surface area contributed by atoms with Crippen molar-refractivity contribution in [3.63, 3.8) is 0 Å². The number of ether oxygens (including phenoxy) is 1. The van der Waals surface area contributed by atoms with Crippen molar-refractivity contribution in [3.8, 4) is 0 Å². The van der Waals surface area contributed by atoms with Gasteiger partial charge in [-0.15, -0.1) is 0 Å². The van der Waals surface area contributed by atoms with E-state index in [1.54, 1.807) is 13.2 Å². The van der Waals surface area contributed by atoms with Crippen LogP contribution in [-0.2, 0) is 10.9 Å². The summed E-state index contributed by atoms with van der Waals surface area (Å²) in [5.74, 6) is 5.37. The number of methoxy groups -OCH3 is 1. The Hall–Kier alpha value is -0.630. The first-order valence-corrected chi connectivity index (χ1v) is 6.51. The molecule has 0 fully saturated rings. The molecule has 0 bridgehead atoms. The molecular weight excluding hydrogens is 325 g/mol. The lowest BCUT2D eigenvalue weighted by Crippen LogP contribution is -2.30. The average Bonchev–Trinajstić information content (AvgIpc) is 2.34. The van der Waals surface area contributed by atoms with Crippen LogP contribution in [0.3, 0.4) is 0 Å². The highest BCUT2D eigenvalue weighted by atomic mass is 79.9. The smallest absolute Gasteiger partial charge is 0.385 e. The zero-order chi connectivity index (χ0) is 14.5. The molecule has 3 N–H and O–H groups in total. The highest BCUT2D eigenvalue weighted by Gasteiger charge is 2.35. The lowest BCUT2D eigenvalue weighted by atomic mass is 9.97. The number of halogens is 4. The van der Waals surface area contributed by atoms with E-state index in [1.807, 2.05) is 0 Å². The summed E-state index contributed by atoms with van der Waals surface area (Å²) in [6, 6.07) is 3.52. The van der Waals surface area contributed by atoms with Crippen LogP contribution in [0.15, 0.2) is 22.7 Å². The maximum atomic E-state index is 13.0. The zero-order valence-electron chi connectivity index (χ0n) is 10.4. The van der Waals surface area contributed by atoms with Crippen LogP contribution in [0.1, 0.15) is 30.0 Å². The number of hydrogen-bond donors (Lipinski definition) is 2. The van der Waals surface area contributed by atoms with Gasteiger partial charge in [0, 0.05) is 24.2 Å². The van der Waals surface area contributed by atoms with Gasteiger partial charge in [0.1, 0.15) is 0 Å². The van der Waals surface area contributed by atoms with Crippen molar-refractivity contribution in [1.82, 2.24) is 5.43 Å². The molecule has 19 heavy (non-hydrogen) atoms. The average molecular weight is 341 g/mol. The Morgan fingerprint density at radius 1 is 1.42 bits per heavy atom. The summed E-state index contributed by atoms with van der Waals surface area (Å²) in [5, 5.41) is 0. The summed E-state index contributed by atoms with van der Waals surface area (Å²) in [5.41, 5.74) is 1.91. The molecule has 7 heteroatoms. The molecule has 0 spiro atoms. The fourth-order valence-corrected chi connectivity index (χ4v) is 2.20. The van der Waals surface area contributed by atoms with E-state index >= 15 is 0 Å². The number of nitrogens with two attached hydrogens (primary N) is 1. The lowest BCUT2D eigenvalue weighted by molar-refractivity contribution is -0.138. The number of hydrogen-bond acceptors (Lipinski definition) is 3. The Labute approximate surface area is 118 Å². The molecule has 108 valence electrons. The van der Waals surface area contributed by atoms with Crippen molar-refractivity contribution in [1.29, 1.82) is 0 Å². The Kier molecular flexibility index (Phi) is 6.25. The van der Waals surface area contributed by atoms with Crippen molar-refractivity contribution < 1.29 is 17.9 Å². The molecule has 1 aromatic rings. The van der Waals surface area contributed by atoms with Gasteiger partial charge in [0.15, 0.2) is 0 Å². The van der Waals surface area contributed by atoms with Gasteiger partial charge >= 0.3 is 6.18 Å². The minimum absolute atomic E-state index is 0.148. The number of benzene rings is 1. The summed E-state index contributed by atoms with van der Waals surface area (Å²) in [4.78, 5) is 0. The lowest BCUT2D eigenvalue weighted by Gasteiger charge is -2.21. The third-order valence-electron chi connectivity index (χ3n) is 2.74. The van der Waals surface area contributed by atoms with Crippen LogP contribution in [0.25, 0.3) is 0 Å². The predicted molar refractivity (Wildman–Crippen MR) is 70.3 cm³/mol. The maximum Gasteiger partial charge on any atom is 0.416 e. The fourth-order valence-electron chi connectivity index (χ4n) is 1.84. The molecule has 1 atom stereocenters. The van der Waals surface area contributed by atoms with Crippen molar-refractivity contribution in [2.75, 3.05) is 13.7 Å². The summed E-state index contributed by atoms with van der Waals surface area (Å²) in [6.07, 6.45) is -3.32. The maximum absolute atomic E-state index is 13.0. The van der Waals surface area contributed by atoms with E-state index in [2.05, 4.69) is 21.4 Å². The molecule has 0 aliphatic rings. The van der Waals surface area contributed by atoms with Gasteiger partial charge in [0.25, 0.3) is 0 Å². The van der Waals surface area contributed by atoms with Gasteiger partial charge in [-0.05, 0) is 30.5 Å². The molecule has 0 aliphatic carbocycles. The number of rotatable bonds is 6. The zero-order valence-corrected chi connectivity index (χ0v) is 12.0. The second kappa shape index (κ2) is 7.23. The first kappa shape index (κ1) is 16.4. The molecule has 0 aromatic heterocycles. The minimum Gasteiger partial charge on any atom is -0.385 e. The Bertz CT molecular complexity index is 412. The van der Waals surface area contributed by atoms with E-state index in [1.165, 1.54) is 6.07 Å². The molecule has 0 saturated carbocycles. The molecule has 1 unspecified atom stereocenters. The van der Waals surface area contributed by atoms with E-state index in [9.17, 15) is 13.2 Å². The van der Waals surface area contributed by atoms with Gasteiger partial charge in [-0.25, -0.2) is 0 Å². The van der Waals surface area contributed by atoms with Gasteiger partial charge in [0.2, 0.25) is 0 Å². The van der Waals surface area contributed by atoms with Crippen molar-refractivity contribution in [2.24, 2.45) is 5.84 Å². The van der Waals surface area contributed by atoms with Crippen LogP contribution in [0.2, 0.25) is 0 Å². The van der Waals surface area contributed by atoms with E-state index < -0.39 is 17.8 Å². The Morgan fingerprint density at radius 3 is 2.63 bits per heavy atom. The summed E-state index contributed by atoms with van der Waals surface area (Å²) < 4.78 is 44.3. The van der Waals surface area contributed by atoms with E-state index in [-0.39, 0.29) is 5.56 Å². The third-order valence-corrected chi connectivity index (χ3v) is 3.23. The van der Waals surface area contributed by atoms with Crippen LogP contribution >= 0.6 is 15.9 Å². The van der Waals surface area contributed by atoms with E-state index in [0.717, 1.165) is 6.07 Å². The summed E-state index contributed by atoms with van der Waals surface area (Å²) in [6.45, 7) is 0.482. The topological polar surface area (TPSA) is 47.3 Å². The van der Waals surface area contributed by atoms with E-state index in [0.29, 0.717) is 23.9 Å². The molecule has 1 aromatic carbocycles. The van der Waals surface area contributed by atoms with Gasteiger partial charge < -0.3 is 4.74 Å².